The topological polar surface area (TPSA) is 31.7 Å². The standard InChI is InChI=1S/C15H22N4S/c1-13(14-9-5-6-10-16-14)17-18(2)15(20)19-11-7-3-4-8-12-19/h5-6,9-10H,3-4,7-8,11-12H2,1-2H3/b17-13+. The minimum absolute atomic E-state index is 0.808. The number of pyridine rings is 1. The fraction of sp³-hybridized carbons (Fsp3) is 0.533. The number of hydrogen-bond acceptors (Lipinski definition) is 3. The first-order valence-corrected chi connectivity index (χ1v) is 7.58. The molecular formula is C15H22N4S. The van der Waals surface area contributed by atoms with E-state index >= 15 is 0 Å². The second-order valence-electron chi connectivity index (χ2n) is 5.11. The Morgan fingerprint density at radius 3 is 2.55 bits per heavy atom. The summed E-state index contributed by atoms with van der Waals surface area (Å²) in [5, 5.41) is 7.16. The van der Waals surface area contributed by atoms with Crippen molar-refractivity contribution in [2.75, 3.05) is 20.1 Å². The number of thiocarbonyl (C=S) groups is 1. The fourth-order valence-corrected chi connectivity index (χ4v) is 2.59. The molecule has 1 aromatic heterocycles. The molecule has 1 saturated heterocycles. The zero-order valence-corrected chi connectivity index (χ0v) is 13.1. The lowest BCUT2D eigenvalue weighted by atomic mass is 10.2. The summed E-state index contributed by atoms with van der Waals surface area (Å²) in [6.45, 7) is 4.05. The molecule has 0 unspecified atom stereocenters. The molecule has 0 saturated carbocycles. The average molecular weight is 290 g/mol. The Morgan fingerprint density at radius 1 is 1.25 bits per heavy atom. The van der Waals surface area contributed by atoms with E-state index in [9.17, 15) is 0 Å². The van der Waals surface area contributed by atoms with Gasteiger partial charge in [-0.05, 0) is 44.1 Å². The van der Waals surface area contributed by atoms with Crippen molar-refractivity contribution in [2.24, 2.45) is 5.10 Å². The Kier molecular flexibility index (Phi) is 5.47. The summed E-state index contributed by atoms with van der Waals surface area (Å²) in [5.74, 6) is 0. The van der Waals surface area contributed by atoms with Crippen molar-refractivity contribution in [2.45, 2.75) is 32.6 Å². The summed E-state index contributed by atoms with van der Waals surface area (Å²) in [6.07, 6.45) is 6.83. The summed E-state index contributed by atoms with van der Waals surface area (Å²) in [7, 11) is 1.92. The van der Waals surface area contributed by atoms with Crippen LogP contribution in [0.5, 0.6) is 0 Å². The van der Waals surface area contributed by atoms with Crippen molar-refractivity contribution < 1.29 is 0 Å². The molecule has 108 valence electrons. The second kappa shape index (κ2) is 7.33. The van der Waals surface area contributed by atoms with E-state index in [1.807, 2.05) is 32.2 Å². The van der Waals surface area contributed by atoms with E-state index in [0.717, 1.165) is 29.6 Å². The minimum Gasteiger partial charge on any atom is -0.348 e. The molecule has 0 atom stereocenters. The van der Waals surface area contributed by atoms with E-state index in [-0.39, 0.29) is 0 Å². The van der Waals surface area contributed by atoms with Gasteiger partial charge in [0.2, 0.25) is 0 Å². The van der Waals surface area contributed by atoms with E-state index in [2.05, 4.69) is 15.0 Å². The van der Waals surface area contributed by atoms with Gasteiger partial charge in [0.05, 0.1) is 11.4 Å². The van der Waals surface area contributed by atoms with Crippen molar-refractivity contribution >= 4 is 23.0 Å². The maximum atomic E-state index is 5.55. The van der Waals surface area contributed by atoms with E-state index in [1.165, 1.54) is 25.7 Å². The molecule has 1 fully saturated rings. The van der Waals surface area contributed by atoms with E-state index in [0.29, 0.717) is 0 Å². The molecule has 0 aromatic carbocycles. The number of rotatable bonds is 2. The van der Waals surface area contributed by atoms with Gasteiger partial charge in [-0.25, -0.2) is 5.01 Å². The van der Waals surface area contributed by atoms with Crippen LogP contribution in [0.3, 0.4) is 0 Å². The average Bonchev–Trinajstić information content (AvgIpc) is 2.76. The summed E-state index contributed by atoms with van der Waals surface area (Å²) >= 11 is 5.55. The highest BCUT2D eigenvalue weighted by Gasteiger charge is 2.15. The molecule has 0 N–H and O–H groups in total. The molecule has 1 aliphatic heterocycles. The van der Waals surface area contributed by atoms with Crippen molar-refractivity contribution in [3.05, 3.63) is 30.1 Å². The van der Waals surface area contributed by atoms with Crippen LogP contribution in [0, 0.1) is 0 Å². The maximum Gasteiger partial charge on any atom is 0.192 e. The molecule has 0 amide bonds. The molecule has 0 spiro atoms. The summed E-state index contributed by atoms with van der Waals surface area (Å²) in [4.78, 5) is 6.57. The van der Waals surface area contributed by atoms with Gasteiger partial charge in [-0.15, -0.1) is 0 Å². The van der Waals surface area contributed by atoms with Crippen molar-refractivity contribution in [3.8, 4) is 0 Å². The first kappa shape index (κ1) is 14.9. The quantitative estimate of drug-likeness (QED) is 0.476. The summed E-state index contributed by atoms with van der Waals surface area (Å²) in [6, 6.07) is 5.83. The zero-order valence-electron chi connectivity index (χ0n) is 12.2. The largest absolute Gasteiger partial charge is 0.348 e. The highest BCUT2D eigenvalue weighted by Crippen LogP contribution is 2.12. The second-order valence-corrected chi connectivity index (χ2v) is 5.47. The van der Waals surface area contributed by atoms with Crippen LogP contribution in [0.15, 0.2) is 29.5 Å². The van der Waals surface area contributed by atoms with Crippen LogP contribution in [0.1, 0.15) is 38.3 Å². The predicted octanol–water partition coefficient (Wildman–Crippen LogP) is 2.90. The Labute approximate surface area is 126 Å². The number of aromatic nitrogens is 1. The van der Waals surface area contributed by atoms with E-state index in [4.69, 9.17) is 12.2 Å². The fourth-order valence-electron chi connectivity index (χ4n) is 2.36. The van der Waals surface area contributed by atoms with Gasteiger partial charge in [0.1, 0.15) is 0 Å². The van der Waals surface area contributed by atoms with Crippen LogP contribution in [0.2, 0.25) is 0 Å². The van der Waals surface area contributed by atoms with Crippen molar-refractivity contribution in [1.29, 1.82) is 0 Å². The molecule has 20 heavy (non-hydrogen) atoms. The van der Waals surface area contributed by atoms with Crippen molar-refractivity contribution in [3.63, 3.8) is 0 Å². The van der Waals surface area contributed by atoms with Gasteiger partial charge in [0.15, 0.2) is 5.11 Å². The van der Waals surface area contributed by atoms with Gasteiger partial charge < -0.3 is 4.90 Å². The van der Waals surface area contributed by atoms with Gasteiger partial charge in [-0.2, -0.15) is 5.10 Å². The number of nitrogens with zero attached hydrogens (tertiary/aromatic N) is 4. The van der Waals surface area contributed by atoms with Crippen LogP contribution >= 0.6 is 12.2 Å². The molecule has 5 heteroatoms. The van der Waals surface area contributed by atoms with E-state index < -0.39 is 0 Å². The number of likely N-dealkylation sites (tertiary alicyclic amines) is 1. The molecule has 2 heterocycles. The highest BCUT2D eigenvalue weighted by molar-refractivity contribution is 7.80. The van der Waals surface area contributed by atoms with Crippen LogP contribution < -0.4 is 0 Å². The smallest absolute Gasteiger partial charge is 0.192 e. The first-order chi connectivity index (χ1) is 9.68. The van der Waals surface area contributed by atoms with Crippen molar-refractivity contribution in [1.82, 2.24) is 14.9 Å². The zero-order chi connectivity index (χ0) is 14.4. The predicted molar refractivity (Wildman–Crippen MR) is 86.9 cm³/mol. The Hall–Kier alpha value is -1.49. The van der Waals surface area contributed by atoms with E-state index in [1.54, 1.807) is 11.2 Å². The summed E-state index contributed by atoms with van der Waals surface area (Å²) < 4.78 is 0. The molecule has 0 aliphatic carbocycles. The normalized spacial score (nSPS) is 16.7. The van der Waals surface area contributed by atoms with Crippen LogP contribution in [0.4, 0.5) is 0 Å². The minimum atomic E-state index is 0.808. The number of hydrogen-bond donors (Lipinski definition) is 0. The van der Waals surface area contributed by atoms with Gasteiger partial charge >= 0.3 is 0 Å². The lowest BCUT2D eigenvalue weighted by molar-refractivity contribution is 0.372. The Bertz CT molecular complexity index is 464. The SMILES string of the molecule is C/C(=N\N(C)C(=S)N1CCCCCC1)c1ccccn1. The molecule has 4 nitrogen and oxygen atoms in total. The van der Waals surface area contributed by atoms with Crippen LogP contribution in [-0.4, -0.2) is 45.9 Å². The molecule has 0 bridgehead atoms. The monoisotopic (exact) mass is 290 g/mol. The highest BCUT2D eigenvalue weighted by atomic mass is 32.1. The molecule has 1 aromatic rings. The lowest BCUT2D eigenvalue weighted by Crippen LogP contribution is -2.39. The molecular weight excluding hydrogens is 268 g/mol. The Morgan fingerprint density at radius 2 is 1.95 bits per heavy atom. The molecule has 2 rings (SSSR count). The van der Waals surface area contributed by atoms with Gasteiger partial charge in [-0.3, -0.25) is 4.98 Å². The van der Waals surface area contributed by atoms with Crippen LogP contribution in [0.25, 0.3) is 0 Å². The third-order valence-electron chi connectivity index (χ3n) is 3.49. The Balaban J connectivity index is 2.03. The lowest BCUT2D eigenvalue weighted by Gasteiger charge is -2.27. The van der Waals surface area contributed by atoms with Gasteiger partial charge in [0, 0.05) is 26.3 Å². The van der Waals surface area contributed by atoms with Gasteiger partial charge in [-0.1, -0.05) is 18.9 Å². The number of hydrazone groups is 1. The maximum absolute atomic E-state index is 5.55. The summed E-state index contributed by atoms with van der Waals surface area (Å²) in [5.41, 5.74) is 1.77. The molecule has 1 aliphatic rings. The van der Waals surface area contributed by atoms with Crippen LogP contribution in [-0.2, 0) is 0 Å². The molecule has 0 radical (unpaired) electrons. The third kappa shape index (κ3) is 4.00. The first-order valence-electron chi connectivity index (χ1n) is 7.18. The van der Waals surface area contributed by atoms with Gasteiger partial charge in [0.25, 0.3) is 0 Å². The third-order valence-corrected chi connectivity index (χ3v) is 4.01.